The molecule has 1 rings (SSSR count). The predicted molar refractivity (Wildman–Crippen MR) is 58.2 cm³/mol. The van der Waals surface area contributed by atoms with Gasteiger partial charge in [0.1, 0.15) is 6.04 Å². The molecule has 1 fully saturated rings. The Hall–Kier alpha value is -1.83. The van der Waals surface area contributed by atoms with Crippen LogP contribution in [0, 0.1) is 0 Å². The van der Waals surface area contributed by atoms with E-state index in [-0.39, 0.29) is 0 Å². The zero-order valence-corrected chi connectivity index (χ0v) is 9.31. The van der Waals surface area contributed by atoms with Crippen LogP contribution < -0.4 is 16.4 Å². The van der Waals surface area contributed by atoms with Crippen LogP contribution in [-0.4, -0.2) is 60.1 Å². The molecule has 0 aromatic heterocycles. The van der Waals surface area contributed by atoms with Crippen molar-refractivity contribution in [1.29, 1.82) is 0 Å². The molecule has 1 aliphatic rings. The molecule has 0 aliphatic carbocycles. The Morgan fingerprint density at radius 2 is 1.94 bits per heavy atom. The fraction of sp³-hybridized carbons (Fsp3) is 0.667. The van der Waals surface area contributed by atoms with Crippen LogP contribution in [0.25, 0.3) is 0 Å². The van der Waals surface area contributed by atoms with Crippen molar-refractivity contribution in [2.24, 2.45) is 5.73 Å². The maximum Gasteiger partial charge on any atom is 0.326 e. The number of nitrogens with one attached hydrogen (secondary N) is 2. The Morgan fingerprint density at radius 3 is 2.41 bits per heavy atom. The van der Waals surface area contributed by atoms with Crippen molar-refractivity contribution in [3.05, 3.63) is 0 Å². The second-order valence-corrected chi connectivity index (χ2v) is 3.75. The van der Waals surface area contributed by atoms with Crippen LogP contribution in [0.2, 0.25) is 0 Å². The number of carboxylic acid groups (broad SMARTS) is 1. The van der Waals surface area contributed by atoms with Crippen LogP contribution in [0.4, 0.5) is 4.79 Å². The number of hydrogen-bond acceptors (Lipinski definition) is 4. The largest absolute Gasteiger partial charge is 0.480 e. The first-order valence-corrected chi connectivity index (χ1v) is 5.28. The van der Waals surface area contributed by atoms with E-state index in [0.717, 1.165) is 0 Å². The van der Waals surface area contributed by atoms with Gasteiger partial charge in [-0.2, -0.15) is 0 Å². The molecule has 5 N–H and O–H groups in total. The fourth-order valence-electron chi connectivity index (χ4n) is 1.51. The molecule has 1 aliphatic heterocycles. The van der Waals surface area contributed by atoms with Crippen LogP contribution in [0.1, 0.15) is 6.42 Å². The molecular weight excluding hydrogens is 228 g/mol. The number of carboxylic acids is 1. The molecule has 96 valence electrons. The number of primary amides is 1. The van der Waals surface area contributed by atoms with Crippen LogP contribution in [-0.2, 0) is 9.59 Å². The van der Waals surface area contributed by atoms with Crippen molar-refractivity contribution in [2.45, 2.75) is 12.5 Å². The molecule has 3 amide bonds. The lowest BCUT2D eigenvalue weighted by molar-refractivity contribution is -0.140. The Balaban J connectivity index is 2.50. The van der Waals surface area contributed by atoms with Crippen LogP contribution >= 0.6 is 0 Å². The molecule has 0 spiro atoms. The van der Waals surface area contributed by atoms with Gasteiger partial charge in [0.15, 0.2) is 0 Å². The smallest absolute Gasteiger partial charge is 0.326 e. The number of carbonyl (C=O) groups excluding carboxylic acids is 2. The van der Waals surface area contributed by atoms with E-state index in [1.54, 1.807) is 0 Å². The van der Waals surface area contributed by atoms with Crippen molar-refractivity contribution in [1.82, 2.24) is 15.5 Å². The van der Waals surface area contributed by atoms with Crippen molar-refractivity contribution in [3.8, 4) is 0 Å². The highest BCUT2D eigenvalue weighted by molar-refractivity contribution is 5.87. The van der Waals surface area contributed by atoms with Gasteiger partial charge in [0.05, 0.1) is 6.42 Å². The first-order chi connectivity index (χ1) is 8.00. The van der Waals surface area contributed by atoms with Crippen molar-refractivity contribution in [3.63, 3.8) is 0 Å². The minimum Gasteiger partial charge on any atom is -0.480 e. The highest BCUT2D eigenvalue weighted by atomic mass is 16.4. The topological polar surface area (TPSA) is 125 Å². The van der Waals surface area contributed by atoms with Crippen molar-refractivity contribution in [2.75, 3.05) is 26.2 Å². The van der Waals surface area contributed by atoms with Gasteiger partial charge in [-0.1, -0.05) is 0 Å². The van der Waals surface area contributed by atoms with E-state index in [4.69, 9.17) is 10.8 Å². The van der Waals surface area contributed by atoms with E-state index in [2.05, 4.69) is 10.6 Å². The highest BCUT2D eigenvalue weighted by Gasteiger charge is 2.25. The van der Waals surface area contributed by atoms with Gasteiger partial charge in [0.2, 0.25) is 5.91 Å². The second kappa shape index (κ2) is 6.04. The summed E-state index contributed by atoms with van der Waals surface area (Å²) in [6, 6.07) is -1.75. The summed E-state index contributed by atoms with van der Waals surface area (Å²) in [7, 11) is 0. The molecule has 8 heteroatoms. The van der Waals surface area contributed by atoms with Crippen molar-refractivity contribution >= 4 is 17.9 Å². The Bertz CT molecular complexity index is 314. The number of urea groups is 1. The van der Waals surface area contributed by atoms with Crippen LogP contribution in [0.15, 0.2) is 0 Å². The Kier molecular flexibility index (Phi) is 4.70. The van der Waals surface area contributed by atoms with E-state index in [1.165, 1.54) is 4.90 Å². The maximum atomic E-state index is 11.7. The van der Waals surface area contributed by atoms with Gasteiger partial charge in [0, 0.05) is 26.2 Å². The summed E-state index contributed by atoms with van der Waals surface area (Å²) < 4.78 is 0. The van der Waals surface area contributed by atoms with E-state index in [9.17, 15) is 14.4 Å². The van der Waals surface area contributed by atoms with Crippen molar-refractivity contribution < 1.29 is 19.5 Å². The second-order valence-electron chi connectivity index (χ2n) is 3.75. The molecule has 0 radical (unpaired) electrons. The number of amides is 3. The fourth-order valence-corrected chi connectivity index (χ4v) is 1.51. The number of hydrogen-bond donors (Lipinski definition) is 4. The molecule has 0 saturated carbocycles. The standard InChI is InChI=1S/C9H16N4O4/c10-7(14)5-6(8(15)16)12-9(17)13-3-1-11-2-4-13/h6,11H,1-5H2,(H2,10,14)(H,12,17)(H,15,16)/t6-/m0/s1. The monoisotopic (exact) mass is 244 g/mol. The molecule has 1 heterocycles. The maximum absolute atomic E-state index is 11.7. The highest BCUT2D eigenvalue weighted by Crippen LogP contribution is 1.97. The summed E-state index contributed by atoms with van der Waals surface area (Å²) in [5, 5.41) is 14.2. The number of carbonyl (C=O) groups is 3. The van der Waals surface area contributed by atoms with Gasteiger partial charge < -0.3 is 26.4 Å². The number of piperazine rings is 1. The third kappa shape index (κ3) is 4.27. The molecule has 1 atom stereocenters. The first-order valence-electron chi connectivity index (χ1n) is 5.28. The first kappa shape index (κ1) is 13.2. The van der Waals surface area contributed by atoms with Gasteiger partial charge in [-0.25, -0.2) is 9.59 Å². The third-order valence-corrected chi connectivity index (χ3v) is 2.41. The Morgan fingerprint density at radius 1 is 1.35 bits per heavy atom. The Labute approximate surface area is 98.1 Å². The average molecular weight is 244 g/mol. The molecule has 0 aromatic carbocycles. The normalized spacial score (nSPS) is 17.3. The molecule has 17 heavy (non-hydrogen) atoms. The van der Waals surface area contributed by atoms with Gasteiger partial charge in [-0.05, 0) is 0 Å². The summed E-state index contributed by atoms with van der Waals surface area (Å²) in [4.78, 5) is 34.6. The van der Waals surface area contributed by atoms with Gasteiger partial charge in [-0.15, -0.1) is 0 Å². The summed E-state index contributed by atoms with van der Waals surface area (Å²) in [6.07, 6.45) is -0.410. The minimum atomic E-state index is -1.27. The summed E-state index contributed by atoms with van der Waals surface area (Å²) >= 11 is 0. The SMILES string of the molecule is NC(=O)C[C@H](NC(=O)N1CCNCC1)C(=O)O. The lowest BCUT2D eigenvalue weighted by Crippen LogP contribution is -2.54. The van der Waals surface area contributed by atoms with Gasteiger partial charge in [0.25, 0.3) is 0 Å². The van der Waals surface area contributed by atoms with E-state index < -0.39 is 30.4 Å². The predicted octanol–water partition coefficient (Wildman–Crippen LogP) is -2.07. The molecule has 0 unspecified atom stereocenters. The number of aliphatic carboxylic acids is 1. The number of nitrogens with two attached hydrogens (primary N) is 1. The van der Waals surface area contributed by atoms with E-state index >= 15 is 0 Å². The third-order valence-electron chi connectivity index (χ3n) is 2.41. The minimum absolute atomic E-state index is 0.410. The van der Waals surface area contributed by atoms with Crippen LogP contribution in [0.5, 0.6) is 0 Å². The summed E-state index contributed by atoms with van der Waals surface area (Å²) in [5.41, 5.74) is 4.91. The van der Waals surface area contributed by atoms with Crippen LogP contribution in [0.3, 0.4) is 0 Å². The number of nitrogens with zero attached hydrogens (tertiary/aromatic N) is 1. The lowest BCUT2D eigenvalue weighted by Gasteiger charge is -2.28. The summed E-state index contributed by atoms with van der Waals surface area (Å²) in [5.74, 6) is -2.04. The molecule has 8 nitrogen and oxygen atoms in total. The van der Waals surface area contributed by atoms with Gasteiger partial charge in [-0.3, -0.25) is 4.79 Å². The quantitative estimate of drug-likeness (QED) is 0.452. The molecular formula is C9H16N4O4. The molecule has 1 saturated heterocycles. The average Bonchev–Trinajstić information content (AvgIpc) is 2.28. The zero-order chi connectivity index (χ0) is 12.8. The molecule has 0 bridgehead atoms. The molecule has 0 aromatic rings. The zero-order valence-electron chi connectivity index (χ0n) is 9.31. The van der Waals surface area contributed by atoms with Gasteiger partial charge >= 0.3 is 12.0 Å². The van der Waals surface area contributed by atoms with E-state index in [1.807, 2.05) is 0 Å². The number of rotatable bonds is 4. The summed E-state index contributed by atoms with van der Waals surface area (Å²) in [6.45, 7) is 2.35. The van der Waals surface area contributed by atoms with E-state index in [0.29, 0.717) is 26.2 Å². The lowest BCUT2D eigenvalue weighted by atomic mass is 10.2.